The molecule has 0 atom stereocenters. The lowest BCUT2D eigenvalue weighted by atomic mass is 10.1. The third kappa shape index (κ3) is 3.68. The summed E-state index contributed by atoms with van der Waals surface area (Å²) in [6.07, 6.45) is 0.654. The first kappa shape index (κ1) is 17.8. The lowest BCUT2D eigenvalue weighted by Crippen LogP contribution is -2.36. The average molecular weight is 400 g/mol. The van der Waals surface area contributed by atoms with Crippen molar-refractivity contribution in [3.8, 4) is 0 Å². The van der Waals surface area contributed by atoms with E-state index in [0.29, 0.717) is 18.7 Å². The van der Waals surface area contributed by atoms with Gasteiger partial charge in [0.2, 0.25) is 0 Å². The molecule has 2 aromatic carbocycles. The molecule has 9 heteroatoms. The number of fused-ring (bicyclic) bond motifs is 1. The van der Waals surface area contributed by atoms with Crippen LogP contribution in [0.15, 0.2) is 41.3 Å². The van der Waals surface area contributed by atoms with E-state index in [9.17, 15) is 13.2 Å². The van der Waals surface area contributed by atoms with E-state index in [0.717, 1.165) is 11.3 Å². The molecular formula is C16H15Cl2N3O3S. The minimum Gasteiger partial charge on any atom is -0.341 e. The molecule has 1 aliphatic rings. The summed E-state index contributed by atoms with van der Waals surface area (Å²) in [5, 5.41) is 3.06. The maximum atomic E-state index is 12.5. The molecule has 2 N–H and O–H groups in total. The number of rotatable bonds is 3. The minimum absolute atomic E-state index is 0.0162. The van der Waals surface area contributed by atoms with Gasteiger partial charge in [-0.2, -0.15) is 0 Å². The summed E-state index contributed by atoms with van der Waals surface area (Å²) in [7, 11) is -2.25. The van der Waals surface area contributed by atoms with Crippen molar-refractivity contribution >= 4 is 50.6 Å². The van der Waals surface area contributed by atoms with Gasteiger partial charge in [0.25, 0.3) is 10.0 Å². The van der Waals surface area contributed by atoms with Crippen molar-refractivity contribution in [2.24, 2.45) is 0 Å². The molecule has 0 aromatic heterocycles. The molecule has 0 saturated heterocycles. The van der Waals surface area contributed by atoms with Gasteiger partial charge < -0.3 is 5.32 Å². The number of nitrogens with one attached hydrogen (secondary N) is 2. The lowest BCUT2D eigenvalue weighted by Gasteiger charge is -2.17. The normalized spacial score (nSPS) is 13.5. The Hall–Kier alpha value is -1.96. The number of carbonyl (C=O) groups is 1. The Kier molecular flexibility index (Phi) is 4.81. The van der Waals surface area contributed by atoms with Crippen LogP contribution in [-0.2, 0) is 16.4 Å². The van der Waals surface area contributed by atoms with Crippen LogP contribution in [0.2, 0.25) is 10.0 Å². The molecule has 1 heterocycles. The number of anilines is 2. The number of halogens is 2. The highest BCUT2D eigenvalue weighted by Gasteiger charge is 2.25. The number of urea groups is 1. The van der Waals surface area contributed by atoms with Crippen LogP contribution < -0.4 is 14.9 Å². The predicted molar refractivity (Wildman–Crippen MR) is 99.2 cm³/mol. The van der Waals surface area contributed by atoms with E-state index in [1.807, 2.05) is 0 Å². The van der Waals surface area contributed by atoms with E-state index in [1.165, 1.54) is 18.2 Å². The van der Waals surface area contributed by atoms with Gasteiger partial charge in [-0.1, -0.05) is 23.2 Å². The third-order valence-corrected chi connectivity index (χ3v) is 5.63. The summed E-state index contributed by atoms with van der Waals surface area (Å²) in [5.74, 6) is 0. The largest absolute Gasteiger partial charge is 0.341 e. The van der Waals surface area contributed by atoms with Gasteiger partial charge in [-0.25, -0.2) is 13.2 Å². The number of carbonyl (C=O) groups excluding carboxylic acids is 1. The Morgan fingerprint density at radius 3 is 2.44 bits per heavy atom. The quantitative estimate of drug-likeness (QED) is 0.828. The molecule has 0 fully saturated rings. The van der Waals surface area contributed by atoms with Crippen LogP contribution in [0.1, 0.15) is 5.56 Å². The second kappa shape index (κ2) is 6.74. The van der Waals surface area contributed by atoms with E-state index in [1.54, 1.807) is 30.1 Å². The van der Waals surface area contributed by atoms with Gasteiger partial charge in [-0.05, 0) is 48.4 Å². The van der Waals surface area contributed by atoms with Crippen LogP contribution >= 0.6 is 23.2 Å². The first-order chi connectivity index (χ1) is 11.8. The molecular weight excluding hydrogens is 385 g/mol. The Labute approximate surface area is 155 Å². The van der Waals surface area contributed by atoms with Gasteiger partial charge in [-0.3, -0.25) is 9.62 Å². The second-order valence-electron chi connectivity index (χ2n) is 5.51. The SMILES string of the molecule is CNC(=O)N1CCc2cc(NS(=O)(=O)c3cc(Cl)cc(Cl)c3)ccc21. The topological polar surface area (TPSA) is 78.5 Å². The summed E-state index contributed by atoms with van der Waals surface area (Å²) in [6, 6.07) is 8.99. The molecule has 0 radical (unpaired) electrons. The van der Waals surface area contributed by atoms with Gasteiger partial charge in [0.1, 0.15) is 0 Å². The lowest BCUT2D eigenvalue weighted by molar-refractivity contribution is 0.248. The zero-order valence-corrected chi connectivity index (χ0v) is 15.5. The maximum absolute atomic E-state index is 12.5. The van der Waals surface area contributed by atoms with Crippen LogP contribution in [0.5, 0.6) is 0 Å². The summed E-state index contributed by atoms with van der Waals surface area (Å²) < 4.78 is 27.6. The highest BCUT2D eigenvalue weighted by atomic mass is 35.5. The minimum atomic E-state index is -3.82. The van der Waals surface area contributed by atoms with Crippen LogP contribution in [0, 0.1) is 0 Å². The maximum Gasteiger partial charge on any atom is 0.321 e. The standard InChI is InChI=1S/C16H15Cl2N3O3S/c1-19-16(22)21-5-4-10-6-13(2-3-15(10)21)20-25(23,24)14-8-11(17)7-12(18)9-14/h2-3,6-9,20H,4-5H2,1H3,(H,19,22). The van der Waals surface area contributed by atoms with Crippen LogP contribution in [0.25, 0.3) is 0 Å². The number of hydrogen-bond donors (Lipinski definition) is 2. The molecule has 6 nitrogen and oxygen atoms in total. The number of hydrogen-bond acceptors (Lipinski definition) is 3. The number of nitrogens with zero attached hydrogens (tertiary/aromatic N) is 1. The van der Waals surface area contributed by atoms with Crippen LogP contribution in [0.3, 0.4) is 0 Å². The molecule has 2 amide bonds. The van der Waals surface area contributed by atoms with Crippen molar-refractivity contribution in [3.63, 3.8) is 0 Å². The van der Waals surface area contributed by atoms with E-state index in [4.69, 9.17) is 23.2 Å². The summed E-state index contributed by atoms with van der Waals surface area (Å²) >= 11 is 11.8. The van der Waals surface area contributed by atoms with E-state index in [2.05, 4.69) is 10.0 Å². The van der Waals surface area contributed by atoms with Crippen molar-refractivity contribution in [1.82, 2.24) is 5.32 Å². The van der Waals surface area contributed by atoms with Gasteiger partial charge in [0, 0.05) is 35.0 Å². The first-order valence-corrected chi connectivity index (χ1v) is 9.65. The number of sulfonamides is 1. The van der Waals surface area contributed by atoms with Crippen molar-refractivity contribution in [2.45, 2.75) is 11.3 Å². The van der Waals surface area contributed by atoms with E-state index >= 15 is 0 Å². The molecule has 0 unspecified atom stereocenters. The molecule has 25 heavy (non-hydrogen) atoms. The third-order valence-electron chi connectivity index (χ3n) is 3.83. The molecule has 1 aliphatic heterocycles. The van der Waals surface area contributed by atoms with Gasteiger partial charge in [0.15, 0.2) is 0 Å². The van der Waals surface area contributed by atoms with Gasteiger partial charge in [0.05, 0.1) is 4.90 Å². The zero-order valence-electron chi connectivity index (χ0n) is 13.2. The summed E-state index contributed by atoms with van der Waals surface area (Å²) in [5.41, 5.74) is 2.08. The number of benzene rings is 2. The smallest absolute Gasteiger partial charge is 0.321 e. The van der Waals surface area contributed by atoms with Gasteiger partial charge >= 0.3 is 6.03 Å². The van der Waals surface area contributed by atoms with Crippen LogP contribution in [-0.4, -0.2) is 28.0 Å². The zero-order chi connectivity index (χ0) is 18.2. The molecule has 0 bridgehead atoms. The number of amides is 2. The Morgan fingerprint density at radius 2 is 1.80 bits per heavy atom. The fraction of sp³-hybridized carbons (Fsp3) is 0.188. The van der Waals surface area contributed by atoms with Gasteiger partial charge in [-0.15, -0.1) is 0 Å². The highest BCUT2D eigenvalue weighted by molar-refractivity contribution is 7.92. The van der Waals surface area contributed by atoms with Crippen LogP contribution in [0.4, 0.5) is 16.2 Å². The fourth-order valence-corrected chi connectivity index (χ4v) is 4.48. The molecule has 132 valence electrons. The molecule has 2 aromatic rings. The monoisotopic (exact) mass is 399 g/mol. The predicted octanol–water partition coefficient (Wildman–Crippen LogP) is 3.50. The van der Waals surface area contributed by atoms with Crippen molar-refractivity contribution < 1.29 is 13.2 Å². The summed E-state index contributed by atoms with van der Waals surface area (Å²) in [6.45, 7) is 0.551. The van der Waals surface area contributed by atoms with Crippen molar-refractivity contribution in [2.75, 3.05) is 23.2 Å². The van der Waals surface area contributed by atoms with E-state index in [-0.39, 0.29) is 21.0 Å². The Balaban J connectivity index is 1.88. The van der Waals surface area contributed by atoms with Crippen molar-refractivity contribution in [3.05, 3.63) is 52.0 Å². The Bertz CT molecular complexity index is 927. The Morgan fingerprint density at radius 1 is 1.12 bits per heavy atom. The highest BCUT2D eigenvalue weighted by Crippen LogP contribution is 2.31. The first-order valence-electron chi connectivity index (χ1n) is 7.41. The molecule has 0 spiro atoms. The molecule has 0 saturated carbocycles. The summed E-state index contributed by atoms with van der Waals surface area (Å²) in [4.78, 5) is 13.4. The molecule has 3 rings (SSSR count). The average Bonchev–Trinajstić information content (AvgIpc) is 2.96. The molecule has 0 aliphatic carbocycles. The van der Waals surface area contributed by atoms with E-state index < -0.39 is 10.0 Å². The fourth-order valence-electron chi connectivity index (χ4n) is 2.71. The second-order valence-corrected chi connectivity index (χ2v) is 8.07. The van der Waals surface area contributed by atoms with Crippen molar-refractivity contribution in [1.29, 1.82) is 0 Å².